The van der Waals surface area contributed by atoms with E-state index >= 15 is 0 Å². The van der Waals surface area contributed by atoms with E-state index in [4.69, 9.17) is 4.98 Å². The van der Waals surface area contributed by atoms with Crippen LogP contribution in [0.5, 0.6) is 0 Å². The molecule has 0 unspecified atom stereocenters. The minimum Gasteiger partial charge on any atom is -0.329 e. The van der Waals surface area contributed by atoms with Crippen molar-refractivity contribution in [2.24, 2.45) is 0 Å². The van der Waals surface area contributed by atoms with Crippen molar-refractivity contribution in [3.05, 3.63) is 65.9 Å². The molecule has 140 valence electrons. The topological polar surface area (TPSA) is 71.0 Å². The Morgan fingerprint density at radius 3 is 2.61 bits per heavy atom. The molecule has 3 aromatic heterocycles. The van der Waals surface area contributed by atoms with Crippen molar-refractivity contribution in [1.82, 2.24) is 15.0 Å². The van der Waals surface area contributed by atoms with Crippen LogP contribution in [0.1, 0.15) is 22.8 Å². The summed E-state index contributed by atoms with van der Waals surface area (Å²) in [5, 5.41) is 3.85. The van der Waals surface area contributed by atoms with Gasteiger partial charge in [-0.1, -0.05) is 29.0 Å². The van der Waals surface area contributed by atoms with E-state index in [1.807, 2.05) is 24.1 Å². The number of ketones is 1. The molecule has 0 aliphatic rings. The van der Waals surface area contributed by atoms with Gasteiger partial charge in [-0.25, -0.2) is 15.0 Å². The number of carbonyl (C=O) groups is 1. The van der Waals surface area contributed by atoms with Crippen LogP contribution in [0.3, 0.4) is 0 Å². The Kier molecular flexibility index (Phi) is 4.75. The van der Waals surface area contributed by atoms with E-state index in [2.05, 4.69) is 46.5 Å². The third-order valence-corrected chi connectivity index (χ3v) is 5.29. The van der Waals surface area contributed by atoms with Gasteiger partial charge in [0.15, 0.2) is 10.9 Å². The molecule has 0 fully saturated rings. The number of aryl methyl sites for hydroxylation is 1. The van der Waals surface area contributed by atoms with Crippen LogP contribution in [0.15, 0.2) is 54.7 Å². The molecule has 3 heterocycles. The van der Waals surface area contributed by atoms with E-state index in [0.29, 0.717) is 16.5 Å². The Bertz CT molecular complexity index is 1150. The van der Waals surface area contributed by atoms with Gasteiger partial charge < -0.3 is 10.2 Å². The number of nitrogens with one attached hydrogen (secondary N) is 1. The third kappa shape index (κ3) is 3.70. The number of hydrogen-bond acceptors (Lipinski definition) is 7. The first-order chi connectivity index (χ1) is 13.5. The summed E-state index contributed by atoms with van der Waals surface area (Å²) in [4.78, 5) is 28.0. The second-order valence-corrected chi connectivity index (χ2v) is 7.50. The summed E-state index contributed by atoms with van der Waals surface area (Å²) < 4.78 is 0. The summed E-state index contributed by atoms with van der Waals surface area (Å²) >= 11 is 1.45. The molecule has 0 aliphatic carbocycles. The van der Waals surface area contributed by atoms with E-state index < -0.39 is 0 Å². The number of fused-ring (bicyclic) bond motifs is 1. The number of Topliss-reactive ketones (excluding diaryl/α,β-unsaturated/α-hetero) is 1. The first-order valence-electron chi connectivity index (χ1n) is 8.81. The second-order valence-electron chi connectivity index (χ2n) is 6.52. The molecule has 0 saturated heterocycles. The number of nitrogens with zero attached hydrogens (tertiary/aromatic N) is 4. The van der Waals surface area contributed by atoms with Gasteiger partial charge in [-0.2, -0.15) is 0 Å². The Balaban J connectivity index is 1.60. The van der Waals surface area contributed by atoms with Gasteiger partial charge in [-0.3, -0.25) is 4.79 Å². The summed E-state index contributed by atoms with van der Waals surface area (Å²) in [7, 11) is 2.00. The highest BCUT2D eigenvalue weighted by molar-refractivity contribution is 7.21. The minimum absolute atomic E-state index is 0.000186. The zero-order valence-electron chi connectivity index (χ0n) is 15.8. The van der Waals surface area contributed by atoms with Gasteiger partial charge >= 0.3 is 0 Å². The first-order valence-corrected chi connectivity index (χ1v) is 9.63. The van der Waals surface area contributed by atoms with Crippen LogP contribution in [0.2, 0.25) is 0 Å². The molecule has 1 N–H and O–H groups in total. The first kappa shape index (κ1) is 18.1. The SMILES string of the molecule is CC(=O)c1ccnc(Nc2nc3ccc(N(C)c4ccc(C)cc4)nc3s2)c1. The van der Waals surface area contributed by atoms with Crippen LogP contribution in [-0.4, -0.2) is 27.8 Å². The molecule has 0 aliphatic heterocycles. The summed E-state index contributed by atoms with van der Waals surface area (Å²) in [6, 6.07) is 15.7. The lowest BCUT2D eigenvalue weighted by Crippen LogP contribution is -2.10. The smallest absolute Gasteiger partial charge is 0.190 e. The second kappa shape index (κ2) is 7.36. The van der Waals surface area contributed by atoms with Crippen molar-refractivity contribution >= 4 is 49.9 Å². The molecule has 0 saturated carbocycles. The molecule has 0 radical (unpaired) electrons. The third-order valence-electron chi connectivity index (χ3n) is 4.41. The van der Waals surface area contributed by atoms with Crippen LogP contribution >= 0.6 is 11.3 Å². The van der Waals surface area contributed by atoms with Crippen molar-refractivity contribution < 1.29 is 4.79 Å². The predicted molar refractivity (Wildman–Crippen MR) is 114 cm³/mol. The van der Waals surface area contributed by atoms with Gasteiger partial charge in [0.1, 0.15) is 22.0 Å². The fourth-order valence-electron chi connectivity index (χ4n) is 2.78. The Morgan fingerprint density at radius 1 is 1.07 bits per heavy atom. The molecular formula is C21H19N5OS. The molecule has 0 atom stereocenters. The van der Waals surface area contributed by atoms with E-state index in [1.165, 1.54) is 23.8 Å². The highest BCUT2D eigenvalue weighted by Crippen LogP contribution is 2.30. The maximum Gasteiger partial charge on any atom is 0.190 e. The number of hydrogen-bond donors (Lipinski definition) is 1. The molecule has 1 aromatic carbocycles. The lowest BCUT2D eigenvalue weighted by molar-refractivity contribution is 0.101. The molecule has 4 rings (SSSR count). The van der Waals surface area contributed by atoms with Gasteiger partial charge in [-0.05, 0) is 50.2 Å². The Hall–Kier alpha value is -3.32. The maximum absolute atomic E-state index is 11.5. The number of carbonyl (C=O) groups excluding carboxylic acids is 1. The maximum atomic E-state index is 11.5. The molecule has 4 aromatic rings. The predicted octanol–water partition coefficient (Wildman–Crippen LogP) is 5.11. The van der Waals surface area contributed by atoms with Gasteiger partial charge in [0, 0.05) is 24.5 Å². The number of aromatic nitrogens is 3. The standard InChI is InChI=1S/C21H19N5OS/c1-13-4-6-16(7-5-13)26(3)19-9-8-17-20(25-19)28-21(23-17)24-18-12-15(14(2)27)10-11-22-18/h4-12H,1-3H3,(H,22,23,24). The monoisotopic (exact) mass is 389 g/mol. The fourth-order valence-corrected chi connectivity index (χ4v) is 3.62. The number of thiazole rings is 1. The molecule has 6 nitrogen and oxygen atoms in total. The van der Waals surface area contributed by atoms with Crippen molar-refractivity contribution in [1.29, 1.82) is 0 Å². The van der Waals surface area contributed by atoms with Crippen LogP contribution < -0.4 is 10.2 Å². The lowest BCUT2D eigenvalue weighted by atomic mass is 10.2. The quantitative estimate of drug-likeness (QED) is 0.478. The molecule has 0 amide bonds. The zero-order chi connectivity index (χ0) is 19.7. The summed E-state index contributed by atoms with van der Waals surface area (Å²) in [6.07, 6.45) is 1.61. The lowest BCUT2D eigenvalue weighted by Gasteiger charge is -2.18. The van der Waals surface area contributed by atoms with Crippen molar-refractivity contribution in [2.45, 2.75) is 13.8 Å². The summed E-state index contributed by atoms with van der Waals surface area (Å²) in [6.45, 7) is 3.60. The van der Waals surface area contributed by atoms with Crippen LogP contribution in [-0.2, 0) is 0 Å². The van der Waals surface area contributed by atoms with Gasteiger partial charge in [-0.15, -0.1) is 0 Å². The molecular weight excluding hydrogens is 370 g/mol. The van der Waals surface area contributed by atoms with Gasteiger partial charge in [0.05, 0.1) is 0 Å². The number of benzene rings is 1. The molecule has 0 spiro atoms. The highest BCUT2D eigenvalue weighted by atomic mass is 32.1. The van der Waals surface area contributed by atoms with Crippen molar-refractivity contribution in [3.8, 4) is 0 Å². The van der Waals surface area contributed by atoms with Gasteiger partial charge in [0.2, 0.25) is 0 Å². The van der Waals surface area contributed by atoms with E-state index in [0.717, 1.165) is 21.9 Å². The largest absolute Gasteiger partial charge is 0.329 e. The molecule has 7 heteroatoms. The highest BCUT2D eigenvalue weighted by Gasteiger charge is 2.11. The fraction of sp³-hybridized carbons (Fsp3) is 0.143. The average molecular weight is 389 g/mol. The Morgan fingerprint density at radius 2 is 1.86 bits per heavy atom. The number of pyridine rings is 2. The van der Waals surface area contributed by atoms with E-state index in [9.17, 15) is 4.79 Å². The minimum atomic E-state index is 0.000186. The summed E-state index contributed by atoms with van der Waals surface area (Å²) in [5.74, 6) is 1.44. The van der Waals surface area contributed by atoms with Gasteiger partial charge in [0.25, 0.3) is 0 Å². The van der Waals surface area contributed by atoms with Crippen molar-refractivity contribution in [2.75, 3.05) is 17.3 Å². The normalized spacial score (nSPS) is 10.8. The van der Waals surface area contributed by atoms with Crippen LogP contribution in [0.4, 0.5) is 22.5 Å². The van der Waals surface area contributed by atoms with Crippen LogP contribution in [0, 0.1) is 6.92 Å². The number of rotatable bonds is 5. The Labute approximate surface area is 166 Å². The summed E-state index contributed by atoms with van der Waals surface area (Å²) in [5.41, 5.74) is 3.72. The zero-order valence-corrected chi connectivity index (χ0v) is 16.6. The van der Waals surface area contributed by atoms with Crippen molar-refractivity contribution in [3.63, 3.8) is 0 Å². The van der Waals surface area contributed by atoms with E-state index in [1.54, 1.807) is 18.3 Å². The van der Waals surface area contributed by atoms with Crippen LogP contribution in [0.25, 0.3) is 10.3 Å². The average Bonchev–Trinajstić information content (AvgIpc) is 3.09. The van der Waals surface area contributed by atoms with E-state index in [-0.39, 0.29) is 5.78 Å². The number of anilines is 4. The molecule has 28 heavy (non-hydrogen) atoms. The molecule has 0 bridgehead atoms.